The smallest absolute Gasteiger partial charge is 0.240 e. The summed E-state index contributed by atoms with van der Waals surface area (Å²) >= 11 is 3.12. The molecule has 0 aromatic carbocycles. The van der Waals surface area contributed by atoms with Crippen molar-refractivity contribution in [1.29, 1.82) is 0 Å². The van der Waals surface area contributed by atoms with E-state index in [1.165, 1.54) is 0 Å². The summed E-state index contributed by atoms with van der Waals surface area (Å²) in [4.78, 5) is 41.6. The minimum absolute atomic E-state index is 0.138. The van der Waals surface area contributed by atoms with Gasteiger partial charge in [0.1, 0.15) is 0 Å². The molecule has 2 fully saturated rings. The highest BCUT2D eigenvalue weighted by atomic mass is 79.9. The summed E-state index contributed by atoms with van der Waals surface area (Å²) in [5.74, 6) is -0.663. The minimum atomic E-state index is -0.216. The molecule has 2 aliphatic heterocycles. The van der Waals surface area contributed by atoms with E-state index < -0.39 is 0 Å². The summed E-state index contributed by atoms with van der Waals surface area (Å²) < 4.78 is 0. The number of carbonyl (C=O) groups excluding carboxylic acids is 4. The zero-order chi connectivity index (χ0) is 12.8. The van der Waals surface area contributed by atoms with Gasteiger partial charge in [0, 0.05) is 19.3 Å². The summed E-state index contributed by atoms with van der Waals surface area (Å²) in [7, 11) is 0. The topological polar surface area (TPSA) is 92.3 Å². The van der Waals surface area contributed by atoms with Crippen LogP contribution in [0.4, 0.5) is 0 Å². The maximum atomic E-state index is 10.6. The second-order valence-corrected chi connectivity index (χ2v) is 4.85. The van der Waals surface area contributed by atoms with Gasteiger partial charge in [-0.1, -0.05) is 15.9 Å². The van der Waals surface area contributed by atoms with Gasteiger partial charge in [0.2, 0.25) is 23.6 Å². The van der Waals surface area contributed by atoms with Crippen LogP contribution in [0.5, 0.6) is 0 Å². The molecule has 7 heteroatoms. The molecule has 0 aromatic rings. The van der Waals surface area contributed by atoms with E-state index in [1.54, 1.807) is 0 Å². The summed E-state index contributed by atoms with van der Waals surface area (Å²) in [5, 5.41) is 4.41. The van der Waals surface area contributed by atoms with Crippen molar-refractivity contribution in [3.05, 3.63) is 0 Å². The van der Waals surface area contributed by atoms with Crippen LogP contribution >= 0.6 is 15.9 Å². The third-order valence-electron chi connectivity index (χ3n) is 2.26. The largest absolute Gasteiger partial charge is 0.296 e. The number of amides is 4. The van der Waals surface area contributed by atoms with Crippen molar-refractivity contribution in [3.8, 4) is 0 Å². The molecule has 17 heavy (non-hydrogen) atoms. The molecule has 0 aliphatic carbocycles. The van der Waals surface area contributed by atoms with Crippen LogP contribution in [-0.4, -0.2) is 28.5 Å². The van der Waals surface area contributed by atoms with Gasteiger partial charge in [-0.25, -0.2) is 0 Å². The van der Waals surface area contributed by atoms with E-state index in [1.807, 2.05) is 0 Å². The summed E-state index contributed by atoms with van der Waals surface area (Å²) in [6.07, 6.45) is 2.79. The summed E-state index contributed by atoms with van der Waals surface area (Å²) in [5.41, 5.74) is 0. The fourth-order valence-corrected chi connectivity index (χ4v) is 1.70. The predicted octanol–water partition coefficient (Wildman–Crippen LogP) is -0.000400. The van der Waals surface area contributed by atoms with Crippen molar-refractivity contribution >= 4 is 39.6 Å². The van der Waals surface area contributed by atoms with Crippen LogP contribution in [0, 0.1) is 0 Å². The van der Waals surface area contributed by atoms with Crippen molar-refractivity contribution in [2.75, 3.05) is 0 Å². The third-order valence-corrected chi connectivity index (χ3v) is 3.13. The Morgan fingerprint density at radius 1 is 0.882 bits per heavy atom. The second kappa shape index (κ2) is 6.48. The highest BCUT2D eigenvalue weighted by Gasteiger charge is 2.23. The molecule has 0 spiro atoms. The molecule has 1 unspecified atom stereocenters. The highest BCUT2D eigenvalue weighted by molar-refractivity contribution is 9.10. The molecule has 4 amide bonds. The van der Waals surface area contributed by atoms with E-state index in [0.717, 1.165) is 0 Å². The lowest BCUT2D eigenvalue weighted by molar-refractivity contribution is -0.134. The number of alkyl halides is 1. The first-order chi connectivity index (χ1) is 7.99. The number of piperidine rings is 2. The number of carbonyl (C=O) groups is 4. The fraction of sp³-hybridized carbons (Fsp3) is 0.600. The normalized spacial score (nSPS) is 24.4. The number of hydrogen-bond acceptors (Lipinski definition) is 4. The molecule has 2 saturated heterocycles. The predicted molar refractivity (Wildman–Crippen MR) is 62.1 cm³/mol. The molecule has 0 aromatic heterocycles. The fourth-order valence-electron chi connectivity index (χ4n) is 1.36. The molecule has 94 valence electrons. The van der Waals surface area contributed by atoms with Crippen molar-refractivity contribution in [3.63, 3.8) is 0 Å². The van der Waals surface area contributed by atoms with Crippen LogP contribution in [0.15, 0.2) is 0 Å². The molecule has 1 atom stereocenters. The van der Waals surface area contributed by atoms with E-state index >= 15 is 0 Å². The molecule has 2 N–H and O–H groups in total. The first-order valence-corrected chi connectivity index (χ1v) is 6.21. The Hall–Kier alpha value is -1.24. The maximum absolute atomic E-state index is 10.6. The van der Waals surface area contributed by atoms with Gasteiger partial charge in [-0.15, -0.1) is 0 Å². The molecule has 0 bridgehead atoms. The Labute approximate surface area is 107 Å². The summed E-state index contributed by atoms with van der Waals surface area (Å²) in [6, 6.07) is 0. The molecule has 2 rings (SSSR count). The van der Waals surface area contributed by atoms with Gasteiger partial charge in [-0.05, 0) is 12.8 Å². The van der Waals surface area contributed by atoms with E-state index in [0.29, 0.717) is 32.1 Å². The lowest BCUT2D eigenvalue weighted by atomic mass is 10.1. The average molecular weight is 305 g/mol. The number of hydrogen-bond donors (Lipinski definition) is 2. The summed E-state index contributed by atoms with van der Waals surface area (Å²) in [6.45, 7) is 0. The Morgan fingerprint density at radius 2 is 1.41 bits per heavy atom. The van der Waals surface area contributed by atoms with Gasteiger partial charge in [0.25, 0.3) is 0 Å². The molecule has 0 saturated carbocycles. The number of rotatable bonds is 0. The second-order valence-electron chi connectivity index (χ2n) is 3.74. The van der Waals surface area contributed by atoms with Crippen molar-refractivity contribution in [2.45, 2.75) is 36.9 Å². The van der Waals surface area contributed by atoms with E-state index in [2.05, 4.69) is 26.6 Å². The molecular formula is C10H13BrN2O4. The molecular weight excluding hydrogens is 292 g/mol. The van der Waals surface area contributed by atoms with Crippen molar-refractivity contribution in [2.24, 2.45) is 0 Å². The first kappa shape index (κ1) is 13.8. The lowest BCUT2D eigenvalue weighted by Crippen LogP contribution is -2.41. The van der Waals surface area contributed by atoms with Crippen LogP contribution in [-0.2, 0) is 19.2 Å². The number of imide groups is 2. The zero-order valence-corrected chi connectivity index (χ0v) is 10.7. The van der Waals surface area contributed by atoms with Crippen LogP contribution in [0.1, 0.15) is 32.1 Å². The van der Waals surface area contributed by atoms with Gasteiger partial charge in [0.05, 0.1) is 4.83 Å². The Balaban J connectivity index is 0.000000171. The maximum Gasteiger partial charge on any atom is 0.240 e. The Kier molecular flexibility index (Phi) is 5.27. The molecule has 2 aliphatic rings. The number of halogens is 1. The molecule has 0 radical (unpaired) electrons. The molecule has 6 nitrogen and oxygen atoms in total. The minimum Gasteiger partial charge on any atom is -0.296 e. The average Bonchev–Trinajstić information content (AvgIpc) is 2.24. The van der Waals surface area contributed by atoms with E-state index in [-0.39, 0.29) is 28.5 Å². The van der Waals surface area contributed by atoms with Gasteiger partial charge >= 0.3 is 0 Å². The van der Waals surface area contributed by atoms with Gasteiger partial charge in [-0.3, -0.25) is 29.8 Å². The number of nitrogens with one attached hydrogen (secondary N) is 2. The van der Waals surface area contributed by atoms with Crippen LogP contribution in [0.25, 0.3) is 0 Å². The Morgan fingerprint density at radius 3 is 1.76 bits per heavy atom. The van der Waals surface area contributed by atoms with Crippen LogP contribution in [0.2, 0.25) is 0 Å². The van der Waals surface area contributed by atoms with Gasteiger partial charge in [-0.2, -0.15) is 0 Å². The highest BCUT2D eigenvalue weighted by Crippen LogP contribution is 2.11. The third kappa shape index (κ3) is 5.08. The monoisotopic (exact) mass is 304 g/mol. The van der Waals surface area contributed by atoms with Gasteiger partial charge < -0.3 is 0 Å². The Bertz CT molecular complexity index is 342. The standard InChI is InChI=1S/C5H6BrNO2.C5H7NO2/c6-3-1-2-4(8)7-5(3)9;7-4-2-1-3-5(8)6-4/h3H,1-2H2,(H,7,8,9);1-3H2,(H,6,7,8). The lowest BCUT2D eigenvalue weighted by Gasteiger charge is -2.14. The van der Waals surface area contributed by atoms with Crippen LogP contribution in [0.3, 0.4) is 0 Å². The van der Waals surface area contributed by atoms with Gasteiger partial charge in [0.15, 0.2) is 0 Å². The quantitative estimate of drug-likeness (QED) is 0.487. The van der Waals surface area contributed by atoms with E-state index in [9.17, 15) is 19.2 Å². The van der Waals surface area contributed by atoms with Crippen molar-refractivity contribution < 1.29 is 19.2 Å². The first-order valence-electron chi connectivity index (χ1n) is 5.29. The molecule has 2 heterocycles. The SMILES string of the molecule is O=C1CCC(Br)C(=O)N1.O=C1CCCC(=O)N1. The van der Waals surface area contributed by atoms with Crippen LogP contribution < -0.4 is 10.6 Å². The van der Waals surface area contributed by atoms with E-state index in [4.69, 9.17) is 0 Å². The zero-order valence-electron chi connectivity index (χ0n) is 9.12. The van der Waals surface area contributed by atoms with Crippen molar-refractivity contribution in [1.82, 2.24) is 10.6 Å².